The highest BCUT2D eigenvalue weighted by Gasteiger charge is 2.10. The lowest BCUT2D eigenvalue weighted by Crippen LogP contribution is -1.96. The van der Waals surface area contributed by atoms with E-state index in [1.807, 2.05) is 0 Å². The maximum atomic E-state index is 13.2. The van der Waals surface area contributed by atoms with E-state index in [4.69, 9.17) is 9.84 Å². The average molecular weight is 235 g/mol. The summed E-state index contributed by atoms with van der Waals surface area (Å²) in [5, 5.41) is 8.81. The van der Waals surface area contributed by atoms with Crippen LogP contribution in [-0.2, 0) is 6.61 Å². The predicted molar refractivity (Wildman–Crippen MR) is 46.6 cm³/mol. The normalized spacial score (nSPS) is 10.0. The van der Waals surface area contributed by atoms with Crippen LogP contribution in [0, 0.1) is 5.82 Å². The van der Waals surface area contributed by atoms with Crippen molar-refractivity contribution < 1.29 is 14.2 Å². The molecule has 0 saturated carbocycles. The Morgan fingerprint density at radius 1 is 1.58 bits per heavy atom. The van der Waals surface area contributed by atoms with Gasteiger partial charge in [0.2, 0.25) is 0 Å². The fourth-order valence-electron chi connectivity index (χ4n) is 0.913. The number of halogens is 2. The molecule has 1 aromatic rings. The highest BCUT2D eigenvalue weighted by Crippen LogP contribution is 2.27. The second kappa shape index (κ2) is 3.87. The molecular weight excluding hydrogens is 227 g/mol. The molecule has 1 N–H and O–H groups in total. The van der Waals surface area contributed by atoms with Crippen LogP contribution in [-0.4, -0.2) is 12.2 Å². The third-order valence-electron chi connectivity index (χ3n) is 1.53. The zero-order valence-electron chi connectivity index (χ0n) is 6.47. The molecule has 0 bridgehead atoms. The van der Waals surface area contributed by atoms with Crippen molar-refractivity contribution >= 4 is 15.9 Å². The standard InChI is InChI=1S/C8H8BrFO2/c1-12-7-3-2-6(9)8(10)5(7)4-11/h2-3,11H,4H2,1H3. The summed E-state index contributed by atoms with van der Waals surface area (Å²) in [6.07, 6.45) is 0. The van der Waals surface area contributed by atoms with Crippen molar-refractivity contribution in [3.8, 4) is 5.75 Å². The van der Waals surface area contributed by atoms with Gasteiger partial charge >= 0.3 is 0 Å². The van der Waals surface area contributed by atoms with Gasteiger partial charge in [-0.2, -0.15) is 0 Å². The van der Waals surface area contributed by atoms with Crippen LogP contribution < -0.4 is 4.74 Å². The fraction of sp³-hybridized carbons (Fsp3) is 0.250. The Bertz CT molecular complexity index is 289. The Kier molecular flexibility index (Phi) is 3.05. The van der Waals surface area contributed by atoms with E-state index >= 15 is 0 Å². The highest BCUT2D eigenvalue weighted by atomic mass is 79.9. The van der Waals surface area contributed by atoms with Crippen LogP contribution in [0.5, 0.6) is 5.75 Å². The monoisotopic (exact) mass is 234 g/mol. The molecule has 0 spiro atoms. The number of hydrogen-bond acceptors (Lipinski definition) is 2. The topological polar surface area (TPSA) is 29.5 Å². The van der Waals surface area contributed by atoms with Gasteiger partial charge in [0.05, 0.1) is 23.8 Å². The summed E-state index contributed by atoms with van der Waals surface area (Å²) in [7, 11) is 1.43. The first-order valence-corrected chi connectivity index (χ1v) is 4.11. The van der Waals surface area contributed by atoms with Crippen molar-refractivity contribution in [1.29, 1.82) is 0 Å². The number of rotatable bonds is 2. The lowest BCUT2D eigenvalue weighted by atomic mass is 10.2. The van der Waals surface area contributed by atoms with Crippen LogP contribution >= 0.6 is 15.9 Å². The van der Waals surface area contributed by atoms with E-state index in [0.717, 1.165) is 0 Å². The largest absolute Gasteiger partial charge is 0.496 e. The third-order valence-corrected chi connectivity index (χ3v) is 2.14. The van der Waals surface area contributed by atoms with Crippen LogP contribution in [0.1, 0.15) is 5.56 Å². The second-order valence-corrected chi connectivity index (χ2v) is 3.05. The Morgan fingerprint density at radius 3 is 2.75 bits per heavy atom. The van der Waals surface area contributed by atoms with Gasteiger partial charge in [0, 0.05) is 0 Å². The third kappa shape index (κ3) is 1.59. The lowest BCUT2D eigenvalue weighted by Gasteiger charge is -2.07. The quantitative estimate of drug-likeness (QED) is 0.850. The molecule has 0 amide bonds. The molecule has 2 nitrogen and oxygen atoms in total. The number of aliphatic hydroxyl groups excluding tert-OH is 1. The minimum absolute atomic E-state index is 0.173. The van der Waals surface area contributed by atoms with Crippen LogP contribution in [0.4, 0.5) is 4.39 Å². The number of aliphatic hydroxyl groups is 1. The number of methoxy groups -OCH3 is 1. The molecule has 0 atom stereocenters. The zero-order valence-corrected chi connectivity index (χ0v) is 8.06. The summed E-state index contributed by atoms with van der Waals surface area (Å²) >= 11 is 3.01. The molecule has 66 valence electrons. The molecule has 0 aliphatic carbocycles. The molecule has 4 heteroatoms. The van der Waals surface area contributed by atoms with E-state index < -0.39 is 5.82 Å². The molecule has 0 aliphatic heterocycles. The Balaban J connectivity index is 3.25. The van der Waals surface area contributed by atoms with Gasteiger partial charge in [-0.15, -0.1) is 0 Å². The SMILES string of the molecule is COc1ccc(Br)c(F)c1CO. The van der Waals surface area contributed by atoms with Crippen molar-refractivity contribution in [3.63, 3.8) is 0 Å². The van der Waals surface area contributed by atoms with Gasteiger partial charge in [0.15, 0.2) is 0 Å². The summed E-state index contributed by atoms with van der Waals surface area (Å²) in [6.45, 7) is -0.367. The predicted octanol–water partition coefficient (Wildman–Crippen LogP) is 2.09. The van der Waals surface area contributed by atoms with Gasteiger partial charge in [0.1, 0.15) is 11.6 Å². The first-order chi connectivity index (χ1) is 5.70. The number of benzene rings is 1. The molecule has 0 heterocycles. The van der Waals surface area contributed by atoms with Crippen molar-refractivity contribution in [2.24, 2.45) is 0 Å². The number of hydrogen-bond donors (Lipinski definition) is 1. The van der Waals surface area contributed by atoms with Gasteiger partial charge in [-0.1, -0.05) is 0 Å². The Hall–Kier alpha value is -0.610. The first kappa shape index (κ1) is 9.48. The Morgan fingerprint density at radius 2 is 2.25 bits per heavy atom. The molecular formula is C8H8BrFO2. The molecule has 0 radical (unpaired) electrons. The van der Waals surface area contributed by atoms with Crippen molar-refractivity contribution in [1.82, 2.24) is 0 Å². The van der Waals surface area contributed by atoms with Gasteiger partial charge < -0.3 is 9.84 Å². The molecule has 0 aromatic heterocycles. The first-order valence-electron chi connectivity index (χ1n) is 3.32. The van der Waals surface area contributed by atoms with Crippen molar-refractivity contribution in [3.05, 3.63) is 28.0 Å². The maximum absolute atomic E-state index is 13.2. The second-order valence-electron chi connectivity index (χ2n) is 2.20. The summed E-state index contributed by atoms with van der Waals surface area (Å²) in [4.78, 5) is 0. The molecule has 1 rings (SSSR count). The van der Waals surface area contributed by atoms with Gasteiger partial charge in [-0.3, -0.25) is 0 Å². The van der Waals surface area contributed by atoms with Crippen LogP contribution in [0.15, 0.2) is 16.6 Å². The summed E-state index contributed by atoms with van der Waals surface area (Å²) in [5.74, 6) is -0.116. The molecule has 1 aromatic carbocycles. The summed E-state index contributed by atoms with van der Waals surface area (Å²) in [5.41, 5.74) is 0.173. The molecule has 0 aliphatic rings. The average Bonchev–Trinajstić information content (AvgIpc) is 2.09. The minimum Gasteiger partial charge on any atom is -0.496 e. The van der Waals surface area contributed by atoms with E-state index in [0.29, 0.717) is 10.2 Å². The molecule has 12 heavy (non-hydrogen) atoms. The smallest absolute Gasteiger partial charge is 0.146 e. The number of ether oxygens (including phenoxy) is 1. The summed E-state index contributed by atoms with van der Waals surface area (Å²) < 4.78 is 18.3. The van der Waals surface area contributed by atoms with Crippen molar-refractivity contribution in [2.75, 3.05) is 7.11 Å². The fourth-order valence-corrected chi connectivity index (χ4v) is 1.28. The van der Waals surface area contributed by atoms with E-state index in [1.165, 1.54) is 13.2 Å². The van der Waals surface area contributed by atoms with E-state index in [1.54, 1.807) is 6.07 Å². The zero-order chi connectivity index (χ0) is 9.14. The van der Waals surface area contributed by atoms with E-state index in [-0.39, 0.29) is 12.2 Å². The van der Waals surface area contributed by atoms with Crippen LogP contribution in [0.3, 0.4) is 0 Å². The Labute approximate surface area is 78.1 Å². The van der Waals surface area contributed by atoms with Crippen LogP contribution in [0.25, 0.3) is 0 Å². The lowest BCUT2D eigenvalue weighted by molar-refractivity contribution is 0.266. The summed E-state index contributed by atoms with van der Waals surface area (Å²) in [6, 6.07) is 3.13. The van der Waals surface area contributed by atoms with Gasteiger partial charge in [0.25, 0.3) is 0 Å². The van der Waals surface area contributed by atoms with E-state index in [9.17, 15) is 4.39 Å². The van der Waals surface area contributed by atoms with Gasteiger partial charge in [-0.25, -0.2) is 4.39 Å². The van der Waals surface area contributed by atoms with Crippen molar-refractivity contribution in [2.45, 2.75) is 6.61 Å². The molecule has 0 saturated heterocycles. The molecule has 0 unspecified atom stereocenters. The van der Waals surface area contributed by atoms with E-state index in [2.05, 4.69) is 15.9 Å². The van der Waals surface area contributed by atoms with Gasteiger partial charge in [-0.05, 0) is 28.1 Å². The minimum atomic E-state index is -0.475. The maximum Gasteiger partial charge on any atom is 0.146 e. The highest BCUT2D eigenvalue weighted by molar-refractivity contribution is 9.10. The molecule has 0 fully saturated rings. The van der Waals surface area contributed by atoms with Crippen LogP contribution in [0.2, 0.25) is 0 Å².